The van der Waals surface area contributed by atoms with Gasteiger partial charge in [0, 0.05) is 13.0 Å². The number of rotatable bonds is 5. The monoisotopic (exact) mass is 276 g/mol. The Morgan fingerprint density at radius 2 is 2.11 bits per heavy atom. The Morgan fingerprint density at radius 3 is 2.63 bits per heavy atom. The molecule has 0 aliphatic carbocycles. The van der Waals surface area contributed by atoms with E-state index in [-0.39, 0.29) is 0 Å². The van der Waals surface area contributed by atoms with E-state index in [9.17, 15) is 18.0 Å². The van der Waals surface area contributed by atoms with Gasteiger partial charge in [-0.05, 0) is 17.7 Å². The molecule has 1 rings (SSSR count). The van der Waals surface area contributed by atoms with Gasteiger partial charge >= 0.3 is 6.18 Å². The van der Waals surface area contributed by atoms with Gasteiger partial charge in [-0.3, -0.25) is 4.79 Å². The van der Waals surface area contributed by atoms with E-state index in [1.807, 2.05) is 0 Å². The number of methoxy groups -OCH3 is 1. The van der Waals surface area contributed by atoms with Crippen molar-refractivity contribution in [3.63, 3.8) is 0 Å². The molecular weight excluding hydrogens is 261 g/mol. The summed E-state index contributed by atoms with van der Waals surface area (Å²) in [5.41, 5.74) is 6.57. The number of carbonyl (C=O) groups excluding carboxylic acids is 1. The highest BCUT2D eigenvalue weighted by atomic mass is 19.4. The summed E-state index contributed by atoms with van der Waals surface area (Å²) in [7, 11) is 1.40. The Morgan fingerprint density at radius 1 is 1.42 bits per heavy atom. The molecule has 1 amide bonds. The molecule has 0 aliphatic heterocycles. The normalized spacial score (nSPS) is 11.2. The Hall–Kier alpha value is -1.76. The van der Waals surface area contributed by atoms with Crippen molar-refractivity contribution in [2.45, 2.75) is 25.6 Å². The van der Waals surface area contributed by atoms with E-state index in [2.05, 4.69) is 5.32 Å². The van der Waals surface area contributed by atoms with E-state index in [4.69, 9.17) is 10.5 Å². The van der Waals surface area contributed by atoms with Gasteiger partial charge < -0.3 is 15.8 Å². The number of hydrogen-bond donors (Lipinski definition) is 2. The van der Waals surface area contributed by atoms with Gasteiger partial charge in [0.25, 0.3) is 0 Å². The Labute approximate surface area is 108 Å². The van der Waals surface area contributed by atoms with Crippen LogP contribution in [0.3, 0.4) is 0 Å². The zero-order valence-corrected chi connectivity index (χ0v) is 10.4. The largest absolute Gasteiger partial charge is 0.495 e. The van der Waals surface area contributed by atoms with Gasteiger partial charge in [-0.1, -0.05) is 6.07 Å². The summed E-state index contributed by atoms with van der Waals surface area (Å²) < 4.78 is 41.0. The number of nitrogens with two attached hydrogens (primary N) is 1. The van der Waals surface area contributed by atoms with E-state index in [0.717, 1.165) is 5.56 Å². The molecule has 0 saturated heterocycles. The van der Waals surface area contributed by atoms with Crippen molar-refractivity contribution in [2.75, 3.05) is 12.4 Å². The SMILES string of the molecule is COc1cc(CN)ccc1NC(=O)CCC(F)(F)F. The fourth-order valence-corrected chi connectivity index (χ4v) is 1.43. The maximum Gasteiger partial charge on any atom is 0.389 e. The number of carbonyl (C=O) groups is 1. The van der Waals surface area contributed by atoms with E-state index in [0.29, 0.717) is 18.0 Å². The number of benzene rings is 1. The highest BCUT2D eigenvalue weighted by molar-refractivity contribution is 5.92. The number of halogens is 3. The first kappa shape index (κ1) is 15.3. The highest BCUT2D eigenvalue weighted by Gasteiger charge is 2.28. The van der Waals surface area contributed by atoms with Crippen LogP contribution < -0.4 is 15.8 Å². The van der Waals surface area contributed by atoms with Crippen LogP contribution >= 0.6 is 0 Å². The molecule has 106 valence electrons. The number of hydrogen-bond acceptors (Lipinski definition) is 3. The summed E-state index contributed by atoms with van der Waals surface area (Å²) in [6, 6.07) is 4.84. The van der Waals surface area contributed by atoms with Crippen LogP contribution in [0.2, 0.25) is 0 Å². The lowest BCUT2D eigenvalue weighted by Crippen LogP contribution is -2.17. The summed E-state index contributed by atoms with van der Waals surface area (Å²) in [6.07, 6.45) is -6.11. The van der Waals surface area contributed by atoms with Crippen molar-refractivity contribution >= 4 is 11.6 Å². The molecule has 0 radical (unpaired) electrons. The molecule has 0 aliphatic rings. The molecule has 7 heteroatoms. The van der Waals surface area contributed by atoms with Crippen molar-refractivity contribution in [3.05, 3.63) is 23.8 Å². The second-order valence-electron chi connectivity index (χ2n) is 3.90. The van der Waals surface area contributed by atoms with Gasteiger partial charge in [0.15, 0.2) is 0 Å². The average molecular weight is 276 g/mol. The third-order valence-corrected chi connectivity index (χ3v) is 2.41. The summed E-state index contributed by atoms with van der Waals surface area (Å²) in [5, 5.41) is 2.38. The van der Waals surface area contributed by atoms with Crippen LogP contribution in [0, 0.1) is 0 Å². The molecule has 0 bridgehead atoms. The van der Waals surface area contributed by atoms with E-state index in [1.165, 1.54) is 7.11 Å². The van der Waals surface area contributed by atoms with Crippen molar-refractivity contribution < 1.29 is 22.7 Å². The standard InChI is InChI=1S/C12H15F3N2O2/c1-19-10-6-8(7-16)2-3-9(10)17-11(18)4-5-12(13,14)15/h2-3,6H,4-5,7,16H2,1H3,(H,17,18). The third-order valence-electron chi connectivity index (χ3n) is 2.41. The van der Waals surface area contributed by atoms with Gasteiger partial charge in [0.2, 0.25) is 5.91 Å². The maximum atomic E-state index is 12.0. The molecular formula is C12H15F3N2O2. The molecule has 19 heavy (non-hydrogen) atoms. The molecule has 0 atom stereocenters. The van der Waals surface area contributed by atoms with Crippen LogP contribution in [0.25, 0.3) is 0 Å². The van der Waals surface area contributed by atoms with Crippen LogP contribution in [0.4, 0.5) is 18.9 Å². The predicted molar refractivity (Wildman–Crippen MR) is 64.8 cm³/mol. The fraction of sp³-hybridized carbons (Fsp3) is 0.417. The van der Waals surface area contributed by atoms with Gasteiger partial charge in [-0.25, -0.2) is 0 Å². The Kier molecular flexibility index (Phi) is 5.17. The number of amides is 1. The number of alkyl halides is 3. The lowest BCUT2D eigenvalue weighted by Gasteiger charge is -2.12. The fourth-order valence-electron chi connectivity index (χ4n) is 1.43. The zero-order valence-electron chi connectivity index (χ0n) is 10.4. The van der Waals surface area contributed by atoms with Gasteiger partial charge in [0.05, 0.1) is 19.2 Å². The molecule has 0 saturated carbocycles. The summed E-state index contributed by atoms with van der Waals surface area (Å²) in [4.78, 5) is 11.4. The zero-order chi connectivity index (χ0) is 14.5. The smallest absolute Gasteiger partial charge is 0.389 e. The Balaban J connectivity index is 2.68. The van der Waals surface area contributed by atoms with Crippen molar-refractivity contribution in [1.29, 1.82) is 0 Å². The molecule has 1 aromatic rings. The van der Waals surface area contributed by atoms with E-state index < -0.39 is 24.9 Å². The molecule has 0 fully saturated rings. The quantitative estimate of drug-likeness (QED) is 0.868. The molecule has 0 aromatic heterocycles. The third kappa shape index (κ3) is 5.17. The lowest BCUT2D eigenvalue weighted by atomic mass is 10.2. The Bertz CT molecular complexity index is 447. The molecule has 0 unspecified atom stereocenters. The number of nitrogens with one attached hydrogen (secondary N) is 1. The predicted octanol–water partition coefficient (Wildman–Crippen LogP) is 2.43. The lowest BCUT2D eigenvalue weighted by molar-refractivity contribution is -0.142. The topological polar surface area (TPSA) is 64.3 Å². The second kappa shape index (κ2) is 6.42. The van der Waals surface area contributed by atoms with Gasteiger partial charge in [-0.2, -0.15) is 13.2 Å². The van der Waals surface area contributed by atoms with Crippen molar-refractivity contribution in [3.8, 4) is 5.75 Å². The second-order valence-corrected chi connectivity index (χ2v) is 3.90. The van der Waals surface area contributed by atoms with Gasteiger partial charge in [-0.15, -0.1) is 0 Å². The first-order chi connectivity index (χ1) is 8.85. The number of anilines is 1. The molecule has 4 nitrogen and oxygen atoms in total. The van der Waals surface area contributed by atoms with Crippen LogP contribution in [-0.2, 0) is 11.3 Å². The number of ether oxygens (including phenoxy) is 1. The average Bonchev–Trinajstić information content (AvgIpc) is 2.36. The minimum absolute atomic E-state index is 0.304. The molecule has 1 aromatic carbocycles. The van der Waals surface area contributed by atoms with Crippen molar-refractivity contribution in [2.24, 2.45) is 5.73 Å². The molecule has 0 heterocycles. The van der Waals surface area contributed by atoms with Crippen LogP contribution in [0.1, 0.15) is 18.4 Å². The first-order valence-electron chi connectivity index (χ1n) is 5.59. The minimum atomic E-state index is -4.34. The van der Waals surface area contributed by atoms with E-state index >= 15 is 0 Å². The summed E-state index contributed by atoms with van der Waals surface area (Å²) >= 11 is 0. The molecule has 0 spiro atoms. The minimum Gasteiger partial charge on any atom is -0.495 e. The maximum absolute atomic E-state index is 12.0. The van der Waals surface area contributed by atoms with Crippen LogP contribution in [-0.4, -0.2) is 19.2 Å². The highest BCUT2D eigenvalue weighted by Crippen LogP contribution is 2.26. The van der Waals surface area contributed by atoms with Gasteiger partial charge in [0.1, 0.15) is 5.75 Å². The summed E-state index contributed by atoms with van der Waals surface area (Å²) in [6.45, 7) is 0.304. The van der Waals surface area contributed by atoms with Crippen molar-refractivity contribution in [1.82, 2.24) is 0 Å². The molecule has 3 N–H and O–H groups in total. The first-order valence-corrected chi connectivity index (χ1v) is 5.59. The summed E-state index contributed by atoms with van der Waals surface area (Å²) in [5.74, 6) is -0.348. The van der Waals surface area contributed by atoms with E-state index in [1.54, 1.807) is 18.2 Å². The van der Waals surface area contributed by atoms with Crippen LogP contribution in [0.5, 0.6) is 5.75 Å². The van der Waals surface area contributed by atoms with Crippen LogP contribution in [0.15, 0.2) is 18.2 Å².